The van der Waals surface area contributed by atoms with E-state index < -0.39 is 0 Å². The summed E-state index contributed by atoms with van der Waals surface area (Å²) < 4.78 is 0. The van der Waals surface area contributed by atoms with E-state index in [1.165, 1.54) is 38.5 Å². The molecule has 0 aromatic rings. The van der Waals surface area contributed by atoms with E-state index >= 15 is 0 Å². The van der Waals surface area contributed by atoms with E-state index in [0.717, 1.165) is 6.42 Å². The van der Waals surface area contributed by atoms with Gasteiger partial charge in [-0.2, -0.15) is 0 Å². The topological polar surface area (TPSA) is 29.1 Å². The molecular weight excluding hydrogens is 198 g/mol. The summed E-state index contributed by atoms with van der Waals surface area (Å²) in [6.45, 7) is 2.22. The zero-order chi connectivity index (χ0) is 10.6. The van der Waals surface area contributed by atoms with E-state index in [2.05, 4.69) is 12.2 Å². The fraction of sp³-hybridized carbons (Fsp3) is 0.909. The third-order valence-corrected chi connectivity index (χ3v) is 2.41. The summed E-state index contributed by atoms with van der Waals surface area (Å²) in [5.41, 5.74) is 0. The molecule has 14 heavy (non-hydrogen) atoms. The molecule has 2 nitrogen and oxygen atoms in total. The van der Waals surface area contributed by atoms with Crippen molar-refractivity contribution >= 4 is 17.5 Å². The molecule has 0 fully saturated rings. The van der Waals surface area contributed by atoms with Crippen LogP contribution in [-0.2, 0) is 4.79 Å². The van der Waals surface area contributed by atoms with Crippen LogP contribution in [0.5, 0.6) is 0 Å². The minimum Gasteiger partial charge on any atom is -0.343 e. The van der Waals surface area contributed by atoms with Crippen LogP contribution in [0, 0.1) is 0 Å². The third kappa shape index (κ3) is 9.85. The number of carbonyl (C=O) groups is 1. The maximum Gasteiger partial charge on any atom is 0.220 e. The van der Waals surface area contributed by atoms with Crippen LogP contribution in [0.2, 0.25) is 0 Å². The average Bonchev–Trinajstić information content (AvgIpc) is 2.17. The first-order valence-electron chi connectivity index (χ1n) is 5.64. The number of unbranched alkanes of at least 4 members (excludes halogenated alkanes) is 6. The van der Waals surface area contributed by atoms with Gasteiger partial charge in [-0.05, 0) is 6.42 Å². The molecule has 0 aliphatic carbocycles. The zero-order valence-corrected chi connectivity index (χ0v) is 9.91. The number of nitrogens with one attached hydrogen (secondary N) is 1. The van der Waals surface area contributed by atoms with E-state index in [1.54, 1.807) is 0 Å². The third-order valence-electron chi connectivity index (χ3n) is 2.27. The molecule has 0 saturated heterocycles. The van der Waals surface area contributed by atoms with E-state index in [0.29, 0.717) is 6.42 Å². The molecule has 0 spiro atoms. The normalized spacial score (nSPS) is 10.1. The predicted molar refractivity (Wildman–Crippen MR) is 61.5 cm³/mol. The number of rotatable bonds is 9. The number of amides is 1. The van der Waals surface area contributed by atoms with Crippen LogP contribution in [0.1, 0.15) is 58.3 Å². The Balaban J connectivity index is 3.01. The molecule has 0 saturated carbocycles. The van der Waals surface area contributed by atoms with E-state index in [4.69, 9.17) is 11.6 Å². The summed E-state index contributed by atoms with van der Waals surface area (Å²) in [5, 5.41) is 2.58. The minimum atomic E-state index is 0.0774. The molecule has 84 valence electrons. The molecule has 0 aromatic heterocycles. The minimum absolute atomic E-state index is 0.0774. The molecule has 0 unspecified atom stereocenters. The Bertz CT molecular complexity index is 139. The Morgan fingerprint density at radius 3 is 2.21 bits per heavy atom. The van der Waals surface area contributed by atoms with Crippen LogP contribution < -0.4 is 5.32 Å². The summed E-state index contributed by atoms with van der Waals surface area (Å²) in [6, 6.07) is 0.231. The Morgan fingerprint density at radius 2 is 1.64 bits per heavy atom. The van der Waals surface area contributed by atoms with Crippen LogP contribution in [0.3, 0.4) is 0 Å². The second-order valence-corrected chi connectivity index (χ2v) is 3.87. The van der Waals surface area contributed by atoms with Crippen molar-refractivity contribution in [2.45, 2.75) is 58.3 Å². The lowest BCUT2D eigenvalue weighted by atomic mass is 10.1. The predicted octanol–water partition coefficient (Wildman–Crippen LogP) is 3.44. The molecular formula is C11H22ClNO. The van der Waals surface area contributed by atoms with Crippen LogP contribution >= 0.6 is 11.6 Å². The Labute approximate surface area is 92.4 Å². The van der Waals surface area contributed by atoms with Crippen LogP contribution in [-0.4, -0.2) is 11.9 Å². The molecule has 0 aliphatic rings. The van der Waals surface area contributed by atoms with Gasteiger partial charge in [-0.15, -0.1) is 11.6 Å². The molecule has 0 bridgehead atoms. The quantitative estimate of drug-likeness (QED) is 0.359. The highest BCUT2D eigenvalue weighted by molar-refractivity contribution is 6.18. The van der Waals surface area contributed by atoms with Crippen molar-refractivity contribution in [2.75, 3.05) is 6.00 Å². The second-order valence-electron chi connectivity index (χ2n) is 3.60. The fourth-order valence-electron chi connectivity index (χ4n) is 1.41. The fourth-order valence-corrected chi connectivity index (χ4v) is 1.55. The van der Waals surface area contributed by atoms with Crippen LogP contribution in [0.25, 0.3) is 0 Å². The molecule has 0 atom stereocenters. The van der Waals surface area contributed by atoms with Gasteiger partial charge >= 0.3 is 0 Å². The summed E-state index contributed by atoms with van der Waals surface area (Å²) in [5.74, 6) is 0.0774. The van der Waals surface area contributed by atoms with Crippen LogP contribution in [0.4, 0.5) is 0 Å². The summed E-state index contributed by atoms with van der Waals surface area (Å²) in [4.78, 5) is 11.0. The summed E-state index contributed by atoms with van der Waals surface area (Å²) in [6.07, 6.45) is 9.32. The van der Waals surface area contributed by atoms with Crippen molar-refractivity contribution in [3.05, 3.63) is 0 Å². The van der Waals surface area contributed by atoms with Gasteiger partial charge in [0.2, 0.25) is 5.91 Å². The number of carbonyl (C=O) groups excluding carboxylic acids is 1. The first-order chi connectivity index (χ1) is 6.81. The van der Waals surface area contributed by atoms with Gasteiger partial charge in [0.05, 0.1) is 6.00 Å². The second kappa shape index (κ2) is 10.8. The first-order valence-corrected chi connectivity index (χ1v) is 6.17. The molecule has 1 N–H and O–H groups in total. The zero-order valence-electron chi connectivity index (χ0n) is 9.15. The smallest absolute Gasteiger partial charge is 0.220 e. The number of hydrogen-bond acceptors (Lipinski definition) is 1. The van der Waals surface area contributed by atoms with Gasteiger partial charge in [0.15, 0.2) is 0 Å². The Hall–Kier alpha value is -0.240. The highest BCUT2D eigenvalue weighted by atomic mass is 35.5. The Morgan fingerprint density at radius 1 is 1.07 bits per heavy atom. The SMILES string of the molecule is CCCCCCCCCC(=O)NCCl. The molecule has 0 aliphatic heterocycles. The lowest BCUT2D eigenvalue weighted by Gasteiger charge is -2.01. The van der Waals surface area contributed by atoms with Gasteiger partial charge < -0.3 is 5.32 Å². The van der Waals surface area contributed by atoms with Crippen molar-refractivity contribution < 1.29 is 4.79 Å². The van der Waals surface area contributed by atoms with E-state index in [-0.39, 0.29) is 11.9 Å². The monoisotopic (exact) mass is 219 g/mol. The number of halogens is 1. The lowest BCUT2D eigenvalue weighted by Crippen LogP contribution is -2.20. The van der Waals surface area contributed by atoms with Crippen molar-refractivity contribution in [3.8, 4) is 0 Å². The summed E-state index contributed by atoms with van der Waals surface area (Å²) >= 11 is 5.36. The van der Waals surface area contributed by atoms with E-state index in [9.17, 15) is 4.79 Å². The molecule has 3 heteroatoms. The maximum absolute atomic E-state index is 11.0. The number of hydrogen-bond donors (Lipinski definition) is 1. The number of alkyl halides is 1. The van der Waals surface area contributed by atoms with Gasteiger partial charge in [-0.3, -0.25) is 4.79 Å². The molecule has 0 rings (SSSR count). The van der Waals surface area contributed by atoms with Crippen molar-refractivity contribution in [1.29, 1.82) is 0 Å². The lowest BCUT2D eigenvalue weighted by molar-refractivity contribution is -0.120. The van der Waals surface area contributed by atoms with Crippen molar-refractivity contribution in [1.82, 2.24) is 5.32 Å². The van der Waals surface area contributed by atoms with E-state index in [1.807, 2.05) is 0 Å². The largest absolute Gasteiger partial charge is 0.343 e. The highest BCUT2D eigenvalue weighted by Gasteiger charge is 1.98. The van der Waals surface area contributed by atoms with Gasteiger partial charge in [0, 0.05) is 6.42 Å². The van der Waals surface area contributed by atoms with Gasteiger partial charge in [-0.25, -0.2) is 0 Å². The van der Waals surface area contributed by atoms with Crippen LogP contribution in [0.15, 0.2) is 0 Å². The first kappa shape index (κ1) is 13.8. The standard InChI is InChI=1S/C11H22ClNO/c1-2-3-4-5-6-7-8-9-11(14)13-10-12/h2-10H2,1H3,(H,13,14). The molecule has 0 heterocycles. The van der Waals surface area contributed by atoms with Gasteiger partial charge in [-0.1, -0.05) is 45.4 Å². The maximum atomic E-state index is 11.0. The molecule has 0 radical (unpaired) electrons. The van der Waals surface area contributed by atoms with Crippen molar-refractivity contribution in [2.24, 2.45) is 0 Å². The Kier molecular flexibility index (Phi) is 10.7. The van der Waals surface area contributed by atoms with Gasteiger partial charge in [0.1, 0.15) is 0 Å². The molecule has 0 aromatic carbocycles. The molecule has 1 amide bonds. The van der Waals surface area contributed by atoms with Crippen molar-refractivity contribution in [3.63, 3.8) is 0 Å². The average molecular weight is 220 g/mol. The highest BCUT2D eigenvalue weighted by Crippen LogP contribution is 2.08. The summed E-state index contributed by atoms with van der Waals surface area (Å²) in [7, 11) is 0. The van der Waals surface area contributed by atoms with Gasteiger partial charge in [0.25, 0.3) is 0 Å².